The Labute approximate surface area is 277 Å². The van der Waals surface area contributed by atoms with E-state index >= 15 is 0 Å². The Kier molecular flexibility index (Phi) is 5.13. The molecule has 4 heteroatoms. The second kappa shape index (κ2) is 9.37. The van der Waals surface area contributed by atoms with Crippen molar-refractivity contribution in [2.75, 3.05) is 0 Å². The molecule has 0 saturated carbocycles. The molecule has 0 fully saturated rings. The molecule has 9 aromatic rings. The van der Waals surface area contributed by atoms with Gasteiger partial charge in [0.1, 0.15) is 0 Å². The summed E-state index contributed by atoms with van der Waals surface area (Å²) in [5.41, 5.74) is 13.8. The predicted octanol–water partition coefficient (Wildman–Crippen LogP) is 10.6. The fourth-order valence-electron chi connectivity index (χ4n) is 9.80. The summed E-state index contributed by atoms with van der Waals surface area (Å²) in [6, 6.07) is 36.1. The molecule has 0 atom stereocenters. The van der Waals surface area contributed by atoms with Crippen LogP contribution in [0.25, 0.3) is 76.4 Å². The molecule has 2 aliphatic rings. The highest BCUT2D eigenvalue weighted by molar-refractivity contribution is 6.37. The molecule has 0 saturated heterocycles. The van der Waals surface area contributed by atoms with E-state index in [0.717, 1.165) is 79.2 Å². The van der Waals surface area contributed by atoms with Crippen LogP contribution >= 0.6 is 0 Å². The van der Waals surface area contributed by atoms with E-state index in [-0.39, 0.29) is 0 Å². The monoisotopic (exact) mass is 614 g/mol. The highest BCUT2D eigenvalue weighted by atomic mass is 15.0. The average Bonchev–Trinajstić information content (AvgIpc) is 3.79. The van der Waals surface area contributed by atoms with Crippen LogP contribution in [0, 0.1) is 22.7 Å². The highest BCUT2D eigenvalue weighted by Gasteiger charge is 2.31. The largest absolute Gasteiger partial charge is 0.309 e. The van der Waals surface area contributed by atoms with Crippen LogP contribution in [-0.2, 0) is 25.7 Å². The standard InChI is InChI=1S/C44H30N4/c45-23-26-20-37-40(32-16-8-6-13-29(26)32)35-22-34-39-31-15-5-4-10-25(31)18-19-36(39)47(28-11-2-1-3-12-28)43(34)42-41-33-17-9-7-14-30(33)27(24-46)21-38(41)48(37)44(35)42/h1-5,10-12,15,18-22H,6-9,13-14,16-17H2. The molecule has 0 spiro atoms. The van der Waals surface area contributed by atoms with Crippen molar-refractivity contribution in [3.63, 3.8) is 0 Å². The predicted molar refractivity (Wildman–Crippen MR) is 196 cm³/mol. The molecule has 0 radical (unpaired) electrons. The second-order valence-electron chi connectivity index (χ2n) is 13.9. The van der Waals surface area contributed by atoms with Gasteiger partial charge < -0.3 is 8.97 Å². The fraction of sp³-hybridized carbons (Fsp3) is 0.182. The molecule has 226 valence electrons. The normalized spacial score (nSPS) is 14.8. The molecule has 2 aliphatic carbocycles. The van der Waals surface area contributed by atoms with E-state index in [1.807, 2.05) is 0 Å². The van der Waals surface area contributed by atoms with Gasteiger partial charge in [-0.2, -0.15) is 10.5 Å². The van der Waals surface area contributed by atoms with Crippen LogP contribution in [0.4, 0.5) is 0 Å². The Bertz CT molecular complexity index is 2960. The molecule has 0 amide bonds. The summed E-state index contributed by atoms with van der Waals surface area (Å²) < 4.78 is 4.93. The molecule has 0 unspecified atom stereocenters. The molecular formula is C44H30N4. The molecule has 6 aromatic carbocycles. The fourth-order valence-corrected chi connectivity index (χ4v) is 9.80. The first kappa shape index (κ1) is 26.3. The summed E-state index contributed by atoms with van der Waals surface area (Å²) in [7, 11) is 0. The molecule has 0 N–H and O–H groups in total. The lowest BCUT2D eigenvalue weighted by atomic mass is 9.84. The zero-order valence-electron chi connectivity index (χ0n) is 26.5. The van der Waals surface area contributed by atoms with E-state index in [1.54, 1.807) is 0 Å². The number of fused-ring (bicyclic) bond motifs is 16. The lowest BCUT2D eigenvalue weighted by Gasteiger charge is -2.20. The highest BCUT2D eigenvalue weighted by Crippen LogP contribution is 2.51. The van der Waals surface area contributed by atoms with E-state index in [9.17, 15) is 10.5 Å². The van der Waals surface area contributed by atoms with Crippen LogP contribution in [0.15, 0.2) is 84.9 Å². The minimum Gasteiger partial charge on any atom is -0.309 e. The average molecular weight is 615 g/mol. The lowest BCUT2D eigenvalue weighted by molar-refractivity contribution is 0.688. The topological polar surface area (TPSA) is 56.9 Å². The minimum absolute atomic E-state index is 0.801. The van der Waals surface area contributed by atoms with Crippen molar-refractivity contribution in [2.45, 2.75) is 51.4 Å². The van der Waals surface area contributed by atoms with Crippen LogP contribution in [-0.4, -0.2) is 8.97 Å². The number of benzene rings is 6. The van der Waals surface area contributed by atoms with Crippen LogP contribution < -0.4 is 0 Å². The maximum atomic E-state index is 10.5. The number of hydrogen-bond donors (Lipinski definition) is 0. The number of para-hydroxylation sites is 1. The Balaban J connectivity index is 1.51. The molecule has 3 heterocycles. The SMILES string of the molecule is N#Cc1cc2c(c3c1CCCC3)c1cc3c4c5ccccc5ccc4n(-c4ccccc4)c3c3c4c5c(c(C#N)cc4n2c13)CCCC5. The van der Waals surface area contributed by atoms with Crippen molar-refractivity contribution < 1.29 is 0 Å². The third kappa shape index (κ3) is 3.13. The Morgan fingerprint density at radius 2 is 1.08 bits per heavy atom. The number of hydrogen-bond acceptors (Lipinski definition) is 2. The first-order valence-corrected chi connectivity index (χ1v) is 17.3. The zero-order chi connectivity index (χ0) is 31.7. The quantitative estimate of drug-likeness (QED) is 0.185. The summed E-state index contributed by atoms with van der Waals surface area (Å²) in [6.07, 6.45) is 8.36. The van der Waals surface area contributed by atoms with Gasteiger partial charge in [-0.3, -0.25) is 0 Å². The van der Waals surface area contributed by atoms with Crippen molar-refractivity contribution in [2.24, 2.45) is 0 Å². The molecule has 3 aromatic heterocycles. The molecule has 11 rings (SSSR count). The third-order valence-electron chi connectivity index (χ3n) is 11.7. The van der Waals surface area contributed by atoms with E-state index in [1.165, 1.54) is 81.9 Å². The number of nitrogens with zero attached hydrogens (tertiary/aromatic N) is 4. The van der Waals surface area contributed by atoms with Crippen LogP contribution in [0.3, 0.4) is 0 Å². The maximum absolute atomic E-state index is 10.5. The first-order valence-electron chi connectivity index (χ1n) is 17.3. The summed E-state index contributed by atoms with van der Waals surface area (Å²) in [4.78, 5) is 0. The van der Waals surface area contributed by atoms with Crippen LogP contribution in [0.1, 0.15) is 59.1 Å². The summed E-state index contributed by atoms with van der Waals surface area (Å²) in [6.45, 7) is 0. The zero-order valence-corrected chi connectivity index (χ0v) is 26.5. The number of aromatic nitrogens is 2. The number of rotatable bonds is 1. The Morgan fingerprint density at radius 1 is 0.479 bits per heavy atom. The van der Waals surface area contributed by atoms with Gasteiger partial charge >= 0.3 is 0 Å². The van der Waals surface area contributed by atoms with E-state index in [4.69, 9.17) is 0 Å². The van der Waals surface area contributed by atoms with Gasteiger partial charge in [-0.05, 0) is 121 Å². The van der Waals surface area contributed by atoms with Gasteiger partial charge in [-0.1, -0.05) is 48.5 Å². The van der Waals surface area contributed by atoms with E-state index < -0.39 is 0 Å². The second-order valence-corrected chi connectivity index (χ2v) is 13.9. The van der Waals surface area contributed by atoms with Gasteiger partial charge in [0.05, 0.1) is 50.8 Å². The van der Waals surface area contributed by atoms with Crippen LogP contribution in [0.5, 0.6) is 0 Å². The van der Waals surface area contributed by atoms with E-state index in [2.05, 4.69) is 106 Å². The van der Waals surface area contributed by atoms with E-state index in [0.29, 0.717) is 0 Å². The van der Waals surface area contributed by atoms with Gasteiger partial charge in [0.15, 0.2) is 0 Å². The smallest absolute Gasteiger partial charge is 0.0995 e. The van der Waals surface area contributed by atoms with Gasteiger partial charge in [-0.25, -0.2) is 0 Å². The molecular weight excluding hydrogens is 585 g/mol. The van der Waals surface area contributed by atoms with Crippen molar-refractivity contribution in [3.8, 4) is 17.8 Å². The van der Waals surface area contributed by atoms with Gasteiger partial charge in [0.25, 0.3) is 0 Å². The van der Waals surface area contributed by atoms with Crippen molar-refractivity contribution in [1.29, 1.82) is 10.5 Å². The first-order chi connectivity index (χ1) is 23.8. The maximum Gasteiger partial charge on any atom is 0.0995 e. The summed E-state index contributed by atoms with van der Waals surface area (Å²) in [5, 5.41) is 31.1. The van der Waals surface area contributed by atoms with Crippen molar-refractivity contribution in [3.05, 3.63) is 118 Å². The molecule has 48 heavy (non-hydrogen) atoms. The molecule has 0 bridgehead atoms. The van der Waals surface area contributed by atoms with Crippen molar-refractivity contribution >= 4 is 70.7 Å². The van der Waals surface area contributed by atoms with Gasteiger partial charge in [-0.15, -0.1) is 0 Å². The Hall–Kier alpha value is -5.84. The van der Waals surface area contributed by atoms with Gasteiger partial charge in [0.2, 0.25) is 0 Å². The summed E-state index contributed by atoms with van der Waals surface area (Å²) >= 11 is 0. The Morgan fingerprint density at radius 3 is 1.79 bits per heavy atom. The number of nitriles is 2. The third-order valence-corrected chi connectivity index (χ3v) is 11.7. The van der Waals surface area contributed by atoms with Crippen molar-refractivity contribution in [1.82, 2.24) is 8.97 Å². The minimum atomic E-state index is 0.801. The molecule has 4 nitrogen and oxygen atoms in total. The summed E-state index contributed by atoms with van der Waals surface area (Å²) in [5.74, 6) is 0. The van der Waals surface area contributed by atoms with Gasteiger partial charge in [0, 0.05) is 38.0 Å². The molecule has 0 aliphatic heterocycles. The van der Waals surface area contributed by atoms with Crippen LogP contribution in [0.2, 0.25) is 0 Å². The number of aryl methyl sites for hydroxylation is 2. The lowest BCUT2D eigenvalue weighted by Crippen LogP contribution is -2.07.